The number of rotatable bonds is 4. The Kier molecular flexibility index (Phi) is 4.42. The van der Waals surface area contributed by atoms with Gasteiger partial charge in [-0.3, -0.25) is 9.59 Å². The van der Waals surface area contributed by atoms with Crippen molar-refractivity contribution in [3.05, 3.63) is 24.3 Å². The molecule has 1 aromatic carbocycles. The summed E-state index contributed by atoms with van der Waals surface area (Å²) >= 11 is 0. The molecule has 3 rings (SSSR count). The number of carbonyl (C=O) groups is 3. The number of carbonyl (C=O) groups excluding carboxylic acids is 2. The van der Waals surface area contributed by atoms with Crippen LogP contribution in [-0.4, -0.2) is 53.0 Å². The number of benzene rings is 1. The van der Waals surface area contributed by atoms with Crippen molar-refractivity contribution in [2.75, 3.05) is 18.0 Å². The summed E-state index contributed by atoms with van der Waals surface area (Å²) in [5, 5.41) is 9.18. The van der Waals surface area contributed by atoms with Gasteiger partial charge in [-0.15, -0.1) is 0 Å². The van der Waals surface area contributed by atoms with Crippen molar-refractivity contribution in [3.8, 4) is 5.75 Å². The number of carboxylic acid groups (broad SMARTS) is 1. The van der Waals surface area contributed by atoms with Crippen LogP contribution in [0.4, 0.5) is 5.69 Å². The fourth-order valence-electron chi connectivity index (χ4n) is 3.26. The van der Waals surface area contributed by atoms with Crippen molar-refractivity contribution in [2.24, 2.45) is 0 Å². The largest absolute Gasteiger partial charge is 0.480 e. The van der Waals surface area contributed by atoms with Gasteiger partial charge in [0.15, 0.2) is 6.10 Å². The summed E-state index contributed by atoms with van der Waals surface area (Å²) in [4.78, 5) is 38.9. The molecule has 7 nitrogen and oxygen atoms in total. The molecule has 2 aliphatic rings. The van der Waals surface area contributed by atoms with Crippen molar-refractivity contribution in [1.82, 2.24) is 4.90 Å². The minimum atomic E-state index is -0.970. The molecule has 1 fully saturated rings. The Labute approximate surface area is 139 Å². The maximum absolute atomic E-state index is 12.4. The summed E-state index contributed by atoms with van der Waals surface area (Å²) in [7, 11) is 0. The molecule has 0 radical (unpaired) electrons. The van der Waals surface area contributed by atoms with Gasteiger partial charge in [0, 0.05) is 19.5 Å². The maximum Gasteiger partial charge on any atom is 0.326 e. The van der Waals surface area contributed by atoms with Crippen LogP contribution in [0.15, 0.2) is 24.3 Å². The predicted molar refractivity (Wildman–Crippen MR) is 85.9 cm³/mol. The highest BCUT2D eigenvalue weighted by atomic mass is 16.5. The summed E-state index contributed by atoms with van der Waals surface area (Å²) in [5.41, 5.74) is 0.643. The smallest absolute Gasteiger partial charge is 0.326 e. The van der Waals surface area contributed by atoms with E-state index in [4.69, 9.17) is 4.74 Å². The number of nitrogens with zero attached hydrogens (tertiary/aromatic N) is 2. The minimum Gasteiger partial charge on any atom is -0.480 e. The first-order valence-corrected chi connectivity index (χ1v) is 8.08. The summed E-state index contributed by atoms with van der Waals surface area (Å²) in [6.07, 6.45) is 0.668. The number of hydrogen-bond acceptors (Lipinski definition) is 4. The molecule has 1 aromatic rings. The summed E-state index contributed by atoms with van der Waals surface area (Å²) in [6, 6.07) is 6.45. The number of likely N-dealkylation sites (tertiary alicyclic amines) is 1. The third-order valence-electron chi connectivity index (χ3n) is 4.48. The molecule has 0 saturated carbocycles. The highest BCUT2D eigenvalue weighted by Crippen LogP contribution is 2.33. The average Bonchev–Trinajstić information content (AvgIpc) is 3.05. The summed E-state index contributed by atoms with van der Waals surface area (Å²) in [6.45, 7) is 2.35. The van der Waals surface area contributed by atoms with Gasteiger partial charge in [0.25, 0.3) is 5.91 Å². The minimum absolute atomic E-state index is 0.0938. The number of fused-ring (bicyclic) bond motifs is 1. The molecule has 2 amide bonds. The number of hydrogen-bond donors (Lipinski definition) is 1. The average molecular weight is 332 g/mol. The second-order valence-electron chi connectivity index (χ2n) is 6.05. The highest BCUT2D eigenvalue weighted by molar-refractivity contribution is 6.00. The Balaban J connectivity index is 1.71. The van der Waals surface area contributed by atoms with Crippen LogP contribution < -0.4 is 9.64 Å². The van der Waals surface area contributed by atoms with E-state index < -0.39 is 18.1 Å². The SMILES string of the molecule is C[C@H]1Oc2ccccc2N(CCC(=O)N2CCC[C@H]2C(=O)O)C1=O. The third-order valence-corrected chi connectivity index (χ3v) is 4.48. The molecule has 0 aromatic heterocycles. The van der Waals surface area contributed by atoms with Gasteiger partial charge in [-0.1, -0.05) is 12.1 Å². The molecular weight excluding hydrogens is 312 g/mol. The van der Waals surface area contributed by atoms with Gasteiger partial charge in [0.2, 0.25) is 5.91 Å². The van der Waals surface area contributed by atoms with E-state index >= 15 is 0 Å². The standard InChI is InChI=1S/C17H20N2O5/c1-11-16(21)19(12-5-2-3-7-14(12)24-11)10-8-15(20)18-9-4-6-13(18)17(22)23/h2-3,5,7,11,13H,4,6,8-10H2,1H3,(H,22,23)/t11-,13+/m1/s1. The van der Waals surface area contributed by atoms with E-state index in [1.165, 1.54) is 4.90 Å². The van der Waals surface area contributed by atoms with Gasteiger partial charge in [0.1, 0.15) is 11.8 Å². The molecule has 2 aliphatic heterocycles. The van der Waals surface area contributed by atoms with Crippen LogP contribution in [0.25, 0.3) is 0 Å². The predicted octanol–water partition coefficient (Wildman–Crippen LogP) is 1.27. The molecule has 24 heavy (non-hydrogen) atoms. The van der Waals surface area contributed by atoms with Crippen LogP contribution in [0.5, 0.6) is 5.75 Å². The fourth-order valence-corrected chi connectivity index (χ4v) is 3.26. The molecule has 0 unspecified atom stereocenters. The van der Waals surface area contributed by atoms with E-state index in [0.717, 1.165) is 0 Å². The molecule has 1 N–H and O–H groups in total. The maximum atomic E-state index is 12.4. The Morgan fingerprint density at radius 1 is 1.33 bits per heavy atom. The number of para-hydroxylation sites is 2. The second-order valence-corrected chi connectivity index (χ2v) is 6.05. The van der Waals surface area contributed by atoms with Crippen LogP contribution in [0.2, 0.25) is 0 Å². The normalized spacial score (nSPS) is 23.0. The van der Waals surface area contributed by atoms with Crippen molar-refractivity contribution in [3.63, 3.8) is 0 Å². The lowest BCUT2D eigenvalue weighted by Gasteiger charge is -2.33. The Morgan fingerprint density at radius 3 is 2.83 bits per heavy atom. The molecular formula is C17H20N2O5. The first-order chi connectivity index (χ1) is 11.5. The van der Waals surface area contributed by atoms with E-state index in [9.17, 15) is 19.5 Å². The molecule has 0 spiro atoms. The Morgan fingerprint density at radius 2 is 2.08 bits per heavy atom. The van der Waals surface area contributed by atoms with E-state index in [0.29, 0.717) is 30.8 Å². The lowest BCUT2D eigenvalue weighted by atomic mass is 10.1. The number of anilines is 1. The van der Waals surface area contributed by atoms with E-state index in [-0.39, 0.29) is 24.8 Å². The van der Waals surface area contributed by atoms with Crippen LogP contribution in [0.1, 0.15) is 26.2 Å². The van der Waals surface area contributed by atoms with Gasteiger partial charge < -0.3 is 19.6 Å². The van der Waals surface area contributed by atoms with Crippen molar-refractivity contribution in [2.45, 2.75) is 38.3 Å². The monoisotopic (exact) mass is 332 g/mol. The quantitative estimate of drug-likeness (QED) is 0.897. The molecule has 128 valence electrons. The first-order valence-electron chi connectivity index (χ1n) is 8.08. The molecule has 2 atom stereocenters. The van der Waals surface area contributed by atoms with Gasteiger partial charge >= 0.3 is 5.97 Å². The van der Waals surface area contributed by atoms with Gasteiger partial charge in [-0.2, -0.15) is 0 Å². The Hall–Kier alpha value is -2.57. The molecule has 7 heteroatoms. The molecule has 0 aliphatic carbocycles. The second kappa shape index (κ2) is 6.51. The van der Waals surface area contributed by atoms with Crippen LogP contribution >= 0.6 is 0 Å². The topological polar surface area (TPSA) is 87.2 Å². The van der Waals surface area contributed by atoms with Gasteiger partial charge in [0.05, 0.1) is 5.69 Å². The van der Waals surface area contributed by atoms with Crippen molar-refractivity contribution >= 4 is 23.5 Å². The van der Waals surface area contributed by atoms with E-state index in [1.54, 1.807) is 30.0 Å². The van der Waals surface area contributed by atoms with Crippen LogP contribution in [0, 0.1) is 0 Å². The molecule has 1 saturated heterocycles. The van der Waals surface area contributed by atoms with Gasteiger partial charge in [-0.25, -0.2) is 4.79 Å². The Bertz CT molecular complexity index is 675. The van der Waals surface area contributed by atoms with E-state index in [2.05, 4.69) is 0 Å². The number of aliphatic carboxylic acids is 1. The summed E-state index contributed by atoms with van der Waals surface area (Å²) in [5.74, 6) is -0.786. The fraction of sp³-hybridized carbons (Fsp3) is 0.471. The van der Waals surface area contributed by atoms with Crippen LogP contribution in [-0.2, 0) is 14.4 Å². The zero-order chi connectivity index (χ0) is 17.3. The zero-order valence-electron chi connectivity index (χ0n) is 13.5. The van der Waals surface area contributed by atoms with Crippen molar-refractivity contribution in [1.29, 1.82) is 0 Å². The first kappa shape index (κ1) is 16.3. The van der Waals surface area contributed by atoms with Crippen LogP contribution in [0.3, 0.4) is 0 Å². The van der Waals surface area contributed by atoms with Gasteiger partial charge in [-0.05, 0) is 31.9 Å². The highest BCUT2D eigenvalue weighted by Gasteiger charge is 2.35. The number of carboxylic acids is 1. The molecule has 0 bridgehead atoms. The van der Waals surface area contributed by atoms with Crippen molar-refractivity contribution < 1.29 is 24.2 Å². The zero-order valence-corrected chi connectivity index (χ0v) is 13.5. The lowest BCUT2D eigenvalue weighted by Crippen LogP contribution is -2.47. The lowest BCUT2D eigenvalue weighted by molar-refractivity contribution is -0.148. The molecule has 2 heterocycles. The number of ether oxygens (including phenoxy) is 1. The number of amides is 2. The van der Waals surface area contributed by atoms with E-state index in [1.807, 2.05) is 6.07 Å². The summed E-state index contributed by atoms with van der Waals surface area (Å²) < 4.78 is 5.57. The third kappa shape index (κ3) is 2.93.